The predicted octanol–water partition coefficient (Wildman–Crippen LogP) is 2.26. The first-order valence-corrected chi connectivity index (χ1v) is 6.27. The van der Waals surface area contributed by atoms with Gasteiger partial charge < -0.3 is 15.5 Å². The summed E-state index contributed by atoms with van der Waals surface area (Å²) in [5, 5.41) is 5.81. The number of thiocarbonyl (C=S) groups is 1. The van der Waals surface area contributed by atoms with Crippen LogP contribution in [0.5, 0.6) is 0 Å². The molecule has 9 heteroatoms. The van der Waals surface area contributed by atoms with E-state index in [0.717, 1.165) is 12.1 Å². The Kier molecular flexibility index (Phi) is 5.79. The van der Waals surface area contributed by atoms with Crippen molar-refractivity contribution < 1.29 is 18.0 Å². The SMILES string of the molecule is Cl.O=C(CN1CCNC1=S)Nc1cccc(C(F)(F)F)c1. The van der Waals surface area contributed by atoms with Gasteiger partial charge >= 0.3 is 6.18 Å². The van der Waals surface area contributed by atoms with E-state index in [-0.39, 0.29) is 24.6 Å². The zero-order chi connectivity index (χ0) is 14.8. The molecule has 21 heavy (non-hydrogen) atoms. The summed E-state index contributed by atoms with van der Waals surface area (Å²) < 4.78 is 37.6. The summed E-state index contributed by atoms with van der Waals surface area (Å²) in [7, 11) is 0. The molecule has 0 bridgehead atoms. The Morgan fingerprint density at radius 3 is 2.71 bits per heavy atom. The van der Waals surface area contributed by atoms with Gasteiger partial charge in [-0.3, -0.25) is 4.79 Å². The number of rotatable bonds is 3. The number of carbonyl (C=O) groups is 1. The highest BCUT2D eigenvalue weighted by Gasteiger charge is 2.30. The highest BCUT2D eigenvalue weighted by molar-refractivity contribution is 7.80. The Labute approximate surface area is 131 Å². The molecule has 0 unspecified atom stereocenters. The van der Waals surface area contributed by atoms with E-state index in [1.54, 1.807) is 4.90 Å². The molecule has 2 rings (SSSR count). The number of anilines is 1. The van der Waals surface area contributed by atoms with E-state index in [2.05, 4.69) is 10.6 Å². The molecule has 1 aromatic rings. The van der Waals surface area contributed by atoms with Gasteiger partial charge in [0.25, 0.3) is 0 Å². The van der Waals surface area contributed by atoms with Crippen LogP contribution in [0.4, 0.5) is 18.9 Å². The molecule has 4 nitrogen and oxygen atoms in total. The van der Waals surface area contributed by atoms with Crippen LogP contribution < -0.4 is 10.6 Å². The minimum Gasteiger partial charge on any atom is -0.361 e. The number of halogens is 4. The number of nitrogens with zero attached hydrogens (tertiary/aromatic N) is 1. The lowest BCUT2D eigenvalue weighted by Crippen LogP contribution is -2.35. The maximum atomic E-state index is 12.5. The van der Waals surface area contributed by atoms with Crippen molar-refractivity contribution in [3.05, 3.63) is 29.8 Å². The van der Waals surface area contributed by atoms with Crippen LogP contribution in [0.25, 0.3) is 0 Å². The Hall–Kier alpha value is -1.54. The minimum absolute atomic E-state index is 0. The van der Waals surface area contributed by atoms with Crippen molar-refractivity contribution in [3.8, 4) is 0 Å². The van der Waals surface area contributed by atoms with E-state index in [0.29, 0.717) is 18.2 Å². The first-order chi connectivity index (χ1) is 9.36. The topological polar surface area (TPSA) is 44.4 Å². The quantitative estimate of drug-likeness (QED) is 0.829. The highest BCUT2D eigenvalue weighted by Crippen LogP contribution is 2.30. The van der Waals surface area contributed by atoms with Crippen LogP contribution in [-0.4, -0.2) is 35.6 Å². The van der Waals surface area contributed by atoms with Gasteiger partial charge in [-0.25, -0.2) is 0 Å². The number of alkyl halides is 3. The molecule has 0 atom stereocenters. The molecular formula is C12H13ClF3N3OS. The normalized spacial score (nSPS) is 14.4. The van der Waals surface area contributed by atoms with Crippen LogP contribution in [0.3, 0.4) is 0 Å². The van der Waals surface area contributed by atoms with Crippen molar-refractivity contribution in [1.29, 1.82) is 0 Å². The van der Waals surface area contributed by atoms with Gasteiger partial charge in [-0.1, -0.05) is 6.07 Å². The molecule has 0 spiro atoms. The van der Waals surface area contributed by atoms with Gasteiger partial charge in [0.05, 0.1) is 12.1 Å². The van der Waals surface area contributed by atoms with Crippen LogP contribution in [-0.2, 0) is 11.0 Å². The minimum atomic E-state index is -4.43. The number of carbonyl (C=O) groups excluding carboxylic acids is 1. The smallest absolute Gasteiger partial charge is 0.361 e. The predicted molar refractivity (Wildman–Crippen MR) is 79.5 cm³/mol. The third-order valence-electron chi connectivity index (χ3n) is 2.75. The first-order valence-electron chi connectivity index (χ1n) is 5.86. The largest absolute Gasteiger partial charge is 0.416 e. The molecule has 1 saturated heterocycles. The van der Waals surface area contributed by atoms with Gasteiger partial charge in [0, 0.05) is 18.8 Å². The standard InChI is InChI=1S/C12H12F3N3OS.ClH/c13-12(14,15)8-2-1-3-9(6-8)17-10(19)7-18-5-4-16-11(18)20;/h1-3,6H,4-5,7H2,(H,16,20)(H,17,19);1H. The van der Waals surface area contributed by atoms with Gasteiger partial charge in [-0.15, -0.1) is 12.4 Å². The van der Waals surface area contributed by atoms with Gasteiger partial charge in [-0.05, 0) is 30.4 Å². The Balaban J connectivity index is 0.00000220. The fourth-order valence-electron chi connectivity index (χ4n) is 1.81. The summed E-state index contributed by atoms with van der Waals surface area (Å²) in [5.41, 5.74) is -0.684. The van der Waals surface area contributed by atoms with E-state index in [1.165, 1.54) is 12.1 Å². The fraction of sp³-hybridized carbons (Fsp3) is 0.333. The van der Waals surface area contributed by atoms with E-state index in [4.69, 9.17) is 12.2 Å². The second-order valence-electron chi connectivity index (χ2n) is 4.28. The molecular weight excluding hydrogens is 327 g/mol. The molecule has 0 saturated carbocycles. The summed E-state index contributed by atoms with van der Waals surface area (Å²) in [6.07, 6.45) is -4.43. The lowest BCUT2D eigenvalue weighted by molar-refractivity contribution is -0.137. The second-order valence-corrected chi connectivity index (χ2v) is 4.67. The van der Waals surface area contributed by atoms with Gasteiger partial charge in [0.1, 0.15) is 0 Å². The first kappa shape index (κ1) is 17.5. The van der Waals surface area contributed by atoms with Crippen molar-refractivity contribution >= 4 is 41.3 Å². The van der Waals surface area contributed by atoms with Crippen LogP contribution in [0, 0.1) is 0 Å². The molecule has 1 fully saturated rings. The molecule has 2 N–H and O–H groups in total. The average molecular weight is 340 g/mol. The Morgan fingerprint density at radius 2 is 2.14 bits per heavy atom. The van der Waals surface area contributed by atoms with Crippen LogP contribution >= 0.6 is 24.6 Å². The number of hydrogen-bond donors (Lipinski definition) is 2. The molecule has 0 radical (unpaired) electrons. The van der Waals surface area contributed by atoms with Gasteiger partial charge in [0.15, 0.2) is 5.11 Å². The third kappa shape index (κ3) is 4.75. The van der Waals surface area contributed by atoms with Crippen molar-refractivity contribution in [2.45, 2.75) is 6.18 Å². The summed E-state index contributed by atoms with van der Waals surface area (Å²) in [6.45, 7) is 1.28. The highest BCUT2D eigenvalue weighted by atomic mass is 35.5. The monoisotopic (exact) mass is 339 g/mol. The number of benzene rings is 1. The zero-order valence-electron chi connectivity index (χ0n) is 10.7. The van der Waals surface area contributed by atoms with Crippen molar-refractivity contribution in [3.63, 3.8) is 0 Å². The summed E-state index contributed by atoms with van der Waals surface area (Å²) in [6, 6.07) is 4.52. The maximum absolute atomic E-state index is 12.5. The summed E-state index contributed by atoms with van der Waals surface area (Å²) in [5.74, 6) is -0.407. The van der Waals surface area contributed by atoms with Crippen molar-refractivity contribution in [2.24, 2.45) is 0 Å². The molecule has 0 aromatic heterocycles. The Morgan fingerprint density at radius 1 is 1.43 bits per heavy atom. The fourth-order valence-corrected chi connectivity index (χ4v) is 2.07. The number of nitrogens with one attached hydrogen (secondary N) is 2. The Bertz CT molecular complexity index is 539. The molecule has 1 aliphatic rings. The van der Waals surface area contributed by atoms with E-state index >= 15 is 0 Å². The lowest BCUT2D eigenvalue weighted by Gasteiger charge is -2.16. The molecule has 1 amide bonds. The third-order valence-corrected chi connectivity index (χ3v) is 3.16. The number of hydrogen-bond acceptors (Lipinski definition) is 2. The van der Waals surface area contributed by atoms with E-state index < -0.39 is 17.6 Å². The zero-order valence-corrected chi connectivity index (χ0v) is 12.4. The lowest BCUT2D eigenvalue weighted by atomic mass is 10.2. The van der Waals surface area contributed by atoms with E-state index in [9.17, 15) is 18.0 Å². The summed E-state index contributed by atoms with van der Waals surface area (Å²) >= 11 is 4.98. The van der Waals surface area contributed by atoms with Crippen molar-refractivity contribution in [2.75, 3.05) is 25.0 Å². The van der Waals surface area contributed by atoms with Crippen LogP contribution in [0.1, 0.15) is 5.56 Å². The van der Waals surface area contributed by atoms with Gasteiger partial charge in [0.2, 0.25) is 5.91 Å². The van der Waals surface area contributed by atoms with Gasteiger partial charge in [-0.2, -0.15) is 13.2 Å². The van der Waals surface area contributed by atoms with E-state index in [1.807, 2.05) is 0 Å². The average Bonchev–Trinajstić information content (AvgIpc) is 2.74. The van der Waals surface area contributed by atoms with Crippen LogP contribution in [0.15, 0.2) is 24.3 Å². The molecule has 116 valence electrons. The number of amides is 1. The molecule has 1 heterocycles. The second kappa shape index (κ2) is 6.95. The molecule has 1 aliphatic heterocycles. The summed E-state index contributed by atoms with van der Waals surface area (Å²) in [4.78, 5) is 13.4. The maximum Gasteiger partial charge on any atom is 0.416 e. The molecule has 1 aromatic carbocycles. The van der Waals surface area contributed by atoms with Crippen molar-refractivity contribution in [1.82, 2.24) is 10.2 Å². The van der Waals surface area contributed by atoms with Crippen LogP contribution in [0.2, 0.25) is 0 Å². The molecule has 0 aliphatic carbocycles.